The van der Waals surface area contributed by atoms with Gasteiger partial charge in [-0.2, -0.15) is 0 Å². The maximum Gasteiger partial charge on any atom is 0.259 e. The lowest BCUT2D eigenvalue weighted by molar-refractivity contribution is 0.0986. The van der Waals surface area contributed by atoms with Crippen molar-refractivity contribution >= 4 is 34.6 Å². The van der Waals surface area contributed by atoms with E-state index in [1.807, 2.05) is 0 Å². The fraction of sp³-hybridized carbons (Fsp3) is 0.0667. The van der Waals surface area contributed by atoms with Crippen LogP contribution in [0.5, 0.6) is 11.5 Å². The average molecular weight is 415 g/mol. The normalized spacial score (nSPS) is 10.1. The summed E-state index contributed by atoms with van der Waals surface area (Å²) >= 11 is 1.70. The Hall–Kier alpha value is -2.16. The molecule has 0 heterocycles. The highest BCUT2D eigenvalue weighted by Crippen LogP contribution is 2.30. The number of ketones is 1. The summed E-state index contributed by atoms with van der Waals surface area (Å²) in [4.78, 5) is 23.8. The number of halogens is 2. The molecule has 0 saturated heterocycles. The summed E-state index contributed by atoms with van der Waals surface area (Å²) in [5, 5.41) is 9.74. The minimum atomic E-state index is -0.929. The van der Waals surface area contributed by atoms with Crippen LogP contribution in [0.3, 0.4) is 0 Å². The van der Waals surface area contributed by atoms with E-state index in [-0.39, 0.29) is 17.2 Å². The Kier molecular flexibility index (Phi) is 4.96. The molecule has 1 amide bonds. The van der Waals surface area contributed by atoms with Crippen LogP contribution >= 0.6 is 22.9 Å². The maximum absolute atomic E-state index is 14.2. The van der Waals surface area contributed by atoms with Gasteiger partial charge in [-0.3, -0.25) is 13.1 Å². The van der Waals surface area contributed by atoms with E-state index in [2.05, 4.69) is 3.53 Å². The molecule has 0 aliphatic rings. The van der Waals surface area contributed by atoms with Gasteiger partial charge >= 0.3 is 0 Å². The summed E-state index contributed by atoms with van der Waals surface area (Å²) in [6.07, 6.45) is 0. The van der Waals surface area contributed by atoms with Gasteiger partial charge < -0.3 is 9.84 Å². The molecular weight excluding hydrogens is 404 g/mol. The Balaban J connectivity index is 2.42. The van der Waals surface area contributed by atoms with Gasteiger partial charge in [-0.05, 0) is 24.3 Å². The molecule has 7 heteroatoms. The van der Waals surface area contributed by atoms with Gasteiger partial charge in [0.2, 0.25) is 0 Å². The Labute approximate surface area is 139 Å². The van der Waals surface area contributed by atoms with Crippen LogP contribution in [0.4, 0.5) is 4.39 Å². The molecule has 5 nitrogen and oxygen atoms in total. The molecule has 22 heavy (non-hydrogen) atoms. The van der Waals surface area contributed by atoms with Crippen LogP contribution in [0.2, 0.25) is 0 Å². The SMILES string of the molecule is COc1ccc(O)c(C(=O)c2ccc(C(=O)NI)cc2)c1F. The topological polar surface area (TPSA) is 75.6 Å². The number of phenols is 1. The molecule has 0 atom stereocenters. The number of carbonyl (C=O) groups excluding carboxylic acids is 2. The number of ether oxygens (including phenoxy) is 1. The number of hydrogen-bond acceptors (Lipinski definition) is 4. The lowest BCUT2D eigenvalue weighted by atomic mass is 10.00. The molecule has 2 rings (SSSR count). The molecule has 0 radical (unpaired) electrons. The van der Waals surface area contributed by atoms with Crippen molar-refractivity contribution in [3.8, 4) is 11.5 Å². The third-order valence-electron chi connectivity index (χ3n) is 3.03. The van der Waals surface area contributed by atoms with E-state index >= 15 is 0 Å². The van der Waals surface area contributed by atoms with Gasteiger partial charge in [0.1, 0.15) is 11.3 Å². The zero-order chi connectivity index (χ0) is 16.3. The van der Waals surface area contributed by atoms with Crippen LogP contribution in [-0.4, -0.2) is 23.9 Å². The van der Waals surface area contributed by atoms with E-state index in [0.29, 0.717) is 5.56 Å². The summed E-state index contributed by atoms with van der Waals surface area (Å²) in [5.41, 5.74) is 0.0409. The molecule has 0 aliphatic carbocycles. The van der Waals surface area contributed by atoms with Crippen LogP contribution in [0.1, 0.15) is 26.3 Å². The van der Waals surface area contributed by atoms with Crippen LogP contribution in [0.25, 0.3) is 0 Å². The summed E-state index contributed by atoms with van der Waals surface area (Å²) in [6.45, 7) is 0. The summed E-state index contributed by atoms with van der Waals surface area (Å²) in [6, 6.07) is 8.08. The number of aromatic hydroxyl groups is 1. The molecule has 0 fully saturated rings. The average Bonchev–Trinajstić information content (AvgIpc) is 2.54. The maximum atomic E-state index is 14.2. The van der Waals surface area contributed by atoms with E-state index in [4.69, 9.17) is 4.74 Å². The molecular formula is C15H11FINO4. The molecule has 2 aromatic rings. The highest BCUT2D eigenvalue weighted by molar-refractivity contribution is 14.1. The van der Waals surface area contributed by atoms with Crippen molar-refractivity contribution in [2.75, 3.05) is 7.11 Å². The minimum Gasteiger partial charge on any atom is -0.507 e. The van der Waals surface area contributed by atoms with Gasteiger partial charge in [0.25, 0.3) is 5.91 Å². The van der Waals surface area contributed by atoms with Gasteiger partial charge in [-0.25, -0.2) is 4.39 Å². The second kappa shape index (κ2) is 6.73. The molecule has 2 N–H and O–H groups in total. The Bertz CT molecular complexity index is 731. The molecule has 0 aromatic heterocycles. The second-order valence-electron chi connectivity index (χ2n) is 4.31. The van der Waals surface area contributed by atoms with Crippen molar-refractivity contribution in [1.82, 2.24) is 3.53 Å². The second-order valence-corrected chi connectivity index (χ2v) is 4.85. The number of nitrogens with one attached hydrogen (secondary N) is 1. The summed E-state index contributed by atoms with van der Waals surface area (Å²) in [7, 11) is 1.27. The monoisotopic (exact) mass is 415 g/mol. The van der Waals surface area contributed by atoms with E-state index in [9.17, 15) is 19.1 Å². The minimum absolute atomic E-state index is 0.137. The summed E-state index contributed by atoms with van der Waals surface area (Å²) < 4.78 is 21.4. The number of rotatable bonds is 4. The van der Waals surface area contributed by atoms with Crippen molar-refractivity contribution in [3.63, 3.8) is 0 Å². The lowest BCUT2D eigenvalue weighted by Gasteiger charge is -2.09. The van der Waals surface area contributed by atoms with Crippen LogP contribution in [0, 0.1) is 5.82 Å². The number of amides is 1. The van der Waals surface area contributed by atoms with Crippen molar-refractivity contribution in [2.24, 2.45) is 0 Å². The van der Waals surface area contributed by atoms with E-state index < -0.39 is 22.9 Å². The molecule has 114 valence electrons. The van der Waals surface area contributed by atoms with E-state index in [1.165, 1.54) is 43.5 Å². The standard InChI is InChI=1S/C15H11FINO4/c1-22-11-7-6-10(19)12(13(11)16)14(20)8-2-4-9(5-3-8)15(21)18-17/h2-7,19H,1H3,(H,18,21). The van der Waals surface area contributed by atoms with Crippen LogP contribution in [-0.2, 0) is 0 Å². The Morgan fingerprint density at radius 2 is 1.73 bits per heavy atom. The van der Waals surface area contributed by atoms with Crippen LogP contribution < -0.4 is 8.27 Å². The first-order valence-electron chi connectivity index (χ1n) is 6.10. The van der Waals surface area contributed by atoms with Crippen LogP contribution in [0.15, 0.2) is 36.4 Å². The van der Waals surface area contributed by atoms with Crippen molar-refractivity contribution < 1.29 is 23.8 Å². The largest absolute Gasteiger partial charge is 0.507 e. The van der Waals surface area contributed by atoms with E-state index in [0.717, 1.165) is 0 Å². The molecule has 2 aromatic carbocycles. The van der Waals surface area contributed by atoms with Gasteiger partial charge in [-0.15, -0.1) is 0 Å². The first kappa shape index (κ1) is 16.2. The Morgan fingerprint density at radius 3 is 2.27 bits per heavy atom. The molecule has 0 unspecified atom stereocenters. The predicted molar refractivity (Wildman–Crippen MR) is 86.0 cm³/mol. The summed E-state index contributed by atoms with van der Waals surface area (Å²) in [5.74, 6) is -2.55. The zero-order valence-corrected chi connectivity index (χ0v) is 13.5. The fourth-order valence-corrected chi connectivity index (χ4v) is 2.20. The molecule has 0 saturated carbocycles. The lowest BCUT2D eigenvalue weighted by Crippen LogP contribution is -2.12. The van der Waals surface area contributed by atoms with Gasteiger partial charge in [0, 0.05) is 11.1 Å². The number of phenolic OH excluding ortho intramolecular Hbond substituents is 1. The van der Waals surface area contributed by atoms with Gasteiger partial charge in [-0.1, -0.05) is 12.1 Å². The highest BCUT2D eigenvalue weighted by Gasteiger charge is 2.22. The van der Waals surface area contributed by atoms with E-state index in [1.54, 1.807) is 22.9 Å². The Morgan fingerprint density at radius 1 is 1.14 bits per heavy atom. The third kappa shape index (κ3) is 3.03. The number of methoxy groups -OCH3 is 1. The smallest absolute Gasteiger partial charge is 0.259 e. The first-order valence-corrected chi connectivity index (χ1v) is 7.18. The molecule has 0 spiro atoms. The number of hydrogen-bond donors (Lipinski definition) is 2. The number of benzene rings is 2. The first-order chi connectivity index (χ1) is 10.5. The molecule has 0 aliphatic heterocycles. The van der Waals surface area contributed by atoms with Gasteiger partial charge in [0.05, 0.1) is 30.0 Å². The fourth-order valence-electron chi connectivity index (χ4n) is 1.89. The molecule has 0 bridgehead atoms. The van der Waals surface area contributed by atoms with Crippen molar-refractivity contribution in [3.05, 3.63) is 58.9 Å². The quantitative estimate of drug-likeness (QED) is 0.458. The number of carbonyl (C=O) groups is 2. The zero-order valence-electron chi connectivity index (χ0n) is 11.4. The third-order valence-corrected chi connectivity index (χ3v) is 3.52. The van der Waals surface area contributed by atoms with Crippen molar-refractivity contribution in [2.45, 2.75) is 0 Å². The highest BCUT2D eigenvalue weighted by atomic mass is 127. The predicted octanol–water partition coefficient (Wildman–Crippen LogP) is 2.85. The van der Waals surface area contributed by atoms with Gasteiger partial charge in [0.15, 0.2) is 17.3 Å². The van der Waals surface area contributed by atoms with Crippen molar-refractivity contribution in [1.29, 1.82) is 0 Å².